The Labute approximate surface area is 163 Å². The highest BCUT2D eigenvalue weighted by Gasteiger charge is 2.17. The molecule has 0 aliphatic carbocycles. The minimum Gasteiger partial charge on any atom is -0.484 e. The van der Waals surface area contributed by atoms with Crippen LogP contribution in [0.5, 0.6) is 5.75 Å². The van der Waals surface area contributed by atoms with E-state index >= 15 is 0 Å². The summed E-state index contributed by atoms with van der Waals surface area (Å²) >= 11 is 0. The third kappa shape index (κ3) is 5.37. The van der Waals surface area contributed by atoms with Crippen molar-refractivity contribution in [3.05, 3.63) is 59.9 Å². The summed E-state index contributed by atoms with van der Waals surface area (Å²) in [6.07, 6.45) is 3.08. The van der Waals surface area contributed by atoms with Crippen molar-refractivity contribution in [2.24, 2.45) is 5.10 Å². The Morgan fingerprint density at radius 3 is 2.61 bits per heavy atom. The lowest BCUT2D eigenvalue weighted by atomic mass is 10.1. The van der Waals surface area contributed by atoms with Crippen LogP contribution < -0.4 is 10.2 Å². The van der Waals surface area contributed by atoms with Crippen LogP contribution in [0.1, 0.15) is 22.8 Å². The van der Waals surface area contributed by atoms with Gasteiger partial charge in [0, 0.05) is 25.5 Å². The lowest BCUT2D eigenvalue weighted by Gasteiger charge is -2.26. The molecule has 1 fully saturated rings. The van der Waals surface area contributed by atoms with Gasteiger partial charge in [0.2, 0.25) is 0 Å². The minimum absolute atomic E-state index is 0.00636. The lowest BCUT2D eigenvalue weighted by Crippen LogP contribution is -2.42. The van der Waals surface area contributed by atoms with Crippen molar-refractivity contribution < 1.29 is 19.1 Å². The first-order valence-corrected chi connectivity index (χ1v) is 8.97. The Balaban J connectivity index is 1.51. The van der Waals surface area contributed by atoms with E-state index in [0.717, 1.165) is 5.56 Å². The first kappa shape index (κ1) is 19.5. The largest absolute Gasteiger partial charge is 0.484 e. The molecule has 8 heteroatoms. The van der Waals surface area contributed by atoms with Crippen LogP contribution in [0.25, 0.3) is 0 Å². The van der Waals surface area contributed by atoms with E-state index in [9.17, 15) is 9.59 Å². The number of hydrogen-bond donors (Lipinski definition) is 1. The number of carbonyl (C=O) groups is 2. The smallest absolute Gasteiger partial charge is 0.272 e. The number of pyridine rings is 1. The fraction of sp³-hybridized carbons (Fsp3) is 0.300. The number of ether oxygens (including phenoxy) is 2. The number of rotatable bonds is 6. The van der Waals surface area contributed by atoms with Crippen molar-refractivity contribution in [1.29, 1.82) is 0 Å². The van der Waals surface area contributed by atoms with Crippen LogP contribution in [0.4, 0.5) is 0 Å². The van der Waals surface area contributed by atoms with E-state index in [2.05, 4.69) is 15.5 Å². The van der Waals surface area contributed by atoms with Gasteiger partial charge >= 0.3 is 0 Å². The van der Waals surface area contributed by atoms with Gasteiger partial charge in [0.05, 0.1) is 24.5 Å². The summed E-state index contributed by atoms with van der Waals surface area (Å²) in [5, 5.41) is 4.11. The fourth-order valence-corrected chi connectivity index (χ4v) is 2.60. The number of nitrogens with one attached hydrogen (secondary N) is 1. The topological polar surface area (TPSA) is 93.1 Å². The maximum Gasteiger partial charge on any atom is 0.272 e. The number of aromatic nitrogens is 1. The Morgan fingerprint density at radius 2 is 1.93 bits per heavy atom. The fourth-order valence-electron chi connectivity index (χ4n) is 2.60. The standard InChI is InChI=1S/C20H22N4O4/c1-15(22-23-20(26)17-3-2-8-21-13-17)16-4-6-18(7-5-16)28-14-19(25)24-9-11-27-12-10-24/h2-8,13H,9-12,14H2,1H3,(H,23,26)/b22-15-. The first-order chi connectivity index (χ1) is 13.6. The third-order valence-corrected chi connectivity index (χ3v) is 4.25. The second-order valence-corrected chi connectivity index (χ2v) is 6.19. The summed E-state index contributed by atoms with van der Waals surface area (Å²) in [5.74, 6) is 0.217. The van der Waals surface area contributed by atoms with Crippen molar-refractivity contribution in [1.82, 2.24) is 15.3 Å². The summed E-state index contributed by atoms with van der Waals surface area (Å²) in [6.45, 7) is 4.12. The second-order valence-electron chi connectivity index (χ2n) is 6.19. The van der Waals surface area contributed by atoms with Crippen LogP contribution in [0.3, 0.4) is 0 Å². The molecule has 1 N–H and O–H groups in total. The minimum atomic E-state index is -0.325. The number of morpholine rings is 1. The van der Waals surface area contributed by atoms with E-state index in [1.807, 2.05) is 12.1 Å². The molecular weight excluding hydrogens is 360 g/mol. The molecule has 1 aliphatic heterocycles. The molecule has 8 nitrogen and oxygen atoms in total. The van der Waals surface area contributed by atoms with Crippen LogP contribution in [-0.4, -0.2) is 60.3 Å². The van der Waals surface area contributed by atoms with Gasteiger partial charge in [-0.2, -0.15) is 5.10 Å². The van der Waals surface area contributed by atoms with Crippen LogP contribution in [-0.2, 0) is 9.53 Å². The van der Waals surface area contributed by atoms with E-state index in [1.54, 1.807) is 42.3 Å². The van der Waals surface area contributed by atoms with Crippen molar-refractivity contribution in [3.8, 4) is 5.75 Å². The predicted molar refractivity (Wildman–Crippen MR) is 103 cm³/mol. The van der Waals surface area contributed by atoms with Crippen LogP contribution in [0, 0.1) is 0 Å². The Morgan fingerprint density at radius 1 is 1.18 bits per heavy atom. The zero-order valence-corrected chi connectivity index (χ0v) is 15.6. The number of hydrazone groups is 1. The van der Waals surface area contributed by atoms with Crippen LogP contribution in [0.2, 0.25) is 0 Å². The number of nitrogens with zero attached hydrogens (tertiary/aromatic N) is 3. The van der Waals surface area contributed by atoms with Gasteiger partial charge in [0.1, 0.15) is 5.75 Å². The lowest BCUT2D eigenvalue weighted by molar-refractivity contribution is -0.137. The molecule has 1 saturated heterocycles. The normalized spacial score (nSPS) is 14.5. The quantitative estimate of drug-likeness (QED) is 0.603. The molecule has 146 valence electrons. The molecule has 0 spiro atoms. The average Bonchev–Trinajstić information content (AvgIpc) is 2.77. The Kier molecular flexibility index (Phi) is 6.69. The molecule has 1 aliphatic rings. The highest BCUT2D eigenvalue weighted by atomic mass is 16.5. The molecule has 0 atom stereocenters. The molecule has 2 aromatic rings. The molecule has 0 radical (unpaired) electrons. The van der Waals surface area contributed by atoms with Gasteiger partial charge in [-0.1, -0.05) is 0 Å². The van der Waals surface area contributed by atoms with Gasteiger partial charge in [0.25, 0.3) is 11.8 Å². The molecule has 1 aromatic heterocycles. The molecule has 0 saturated carbocycles. The van der Waals surface area contributed by atoms with E-state index in [1.165, 1.54) is 6.20 Å². The number of amides is 2. The second kappa shape index (κ2) is 9.61. The summed E-state index contributed by atoms with van der Waals surface area (Å²) in [6, 6.07) is 10.5. The van der Waals surface area contributed by atoms with Gasteiger partial charge in [-0.3, -0.25) is 14.6 Å². The van der Waals surface area contributed by atoms with E-state index in [4.69, 9.17) is 9.47 Å². The van der Waals surface area contributed by atoms with Crippen molar-refractivity contribution >= 4 is 17.5 Å². The van der Waals surface area contributed by atoms with Gasteiger partial charge in [0.15, 0.2) is 6.61 Å². The zero-order chi connectivity index (χ0) is 19.8. The Hall–Kier alpha value is -3.26. The summed E-state index contributed by atoms with van der Waals surface area (Å²) in [4.78, 5) is 29.7. The molecule has 0 bridgehead atoms. The van der Waals surface area contributed by atoms with Gasteiger partial charge in [-0.15, -0.1) is 0 Å². The summed E-state index contributed by atoms with van der Waals surface area (Å²) < 4.78 is 10.8. The molecule has 2 heterocycles. The SMILES string of the molecule is C/C(=N/NC(=O)c1cccnc1)c1ccc(OCC(=O)N2CCOCC2)cc1. The van der Waals surface area contributed by atoms with Crippen LogP contribution >= 0.6 is 0 Å². The molecule has 0 unspecified atom stereocenters. The highest BCUT2D eigenvalue weighted by Crippen LogP contribution is 2.13. The van der Waals surface area contributed by atoms with Crippen molar-refractivity contribution in [3.63, 3.8) is 0 Å². The molecule has 3 rings (SSSR count). The average molecular weight is 382 g/mol. The summed E-state index contributed by atoms with van der Waals surface area (Å²) in [5.41, 5.74) is 4.42. The Bertz CT molecular complexity index is 831. The maximum atomic E-state index is 12.1. The first-order valence-electron chi connectivity index (χ1n) is 8.97. The number of benzene rings is 1. The van der Waals surface area contributed by atoms with Gasteiger partial charge in [-0.25, -0.2) is 5.43 Å². The predicted octanol–water partition coefficient (Wildman–Crippen LogP) is 1.47. The van der Waals surface area contributed by atoms with E-state index in [-0.39, 0.29) is 18.4 Å². The highest BCUT2D eigenvalue weighted by molar-refractivity contribution is 6.00. The molecule has 1 aromatic carbocycles. The van der Waals surface area contributed by atoms with Gasteiger partial charge in [-0.05, 0) is 48.9 Å². The summed E-state index contributed by atoms with van der Waals surface area (Å²) in [7, 11) is 0. The van der Waals surface area contributed by atoms with Gasteiger partial charge < -0.3 is 14.4 Å². The van der Waals surface area contributed by atoms with Crippen LogP contribution in [0.15, 0.2) is 53.9 Å². The third-order valence-electron chi connectivity index (χ3n) is 4.25. The number of hydrogen-bond acceptors (Lipinski definition) is 6. The molecule has 28 heavy (non-hydrogen) atoms. The maximum absolute atomic E-state index is 12.1. The monoisotopic (exact) mass is 382 g/mol. The van der Waals surface area contributed by atoms with Crippen molar-refractivity contribution in [2.75, 3.05) is 32.9 Å². The molecular formula is C20H22N4O4. The zero-order valence-electron chi connectivity index (χ0n) is 15.6. The van der Waals surface area contributed by atoms with E-state index < -0.39 is 0 Å². The van der Waals surface area contributed by atoms with E-state index in [0.29, 0.717) is 43.3 Å². The molecule has 2 amide bonds. The number of carbonyl (C=O) groups excluding carboxylic acids is 2. The van der Waals surface area contributed by atoms with Crippen molar-refractivity contribution in [2.45, 2.75) is 6.92 Å².